The minimum atomic E-state index is -0.177. The fourth-order valence-electron chi connectivity index (χ4n) is 2.24. The summed E-state index contributed by atoms with van der Waals surface area (Å²) in [6, 6.07) is 7.39. The zero-order valence-corrected chi connectivity index (χ0v) is 13.8. The average molecular weight is 367 g/mol. The number of rotatable bonds is 4. The predicted molar refractivity (Wildman–Crippen MR) is 87.0 cm³/mol. The third-order valence-corrected chi connectivity index (χ3v) is 4.88. The van der Waals surface area contributed by atoms with Crippen molar-refractivity contribution < 1.29 is 9.53 Å². The van der Waals surface area contributed by atoms with E-state index in [0.29, 0.717) is 10.9 Å². The van der Waals surface area contributed by atoms with E-state index in [1.807, 2.05) is 24.3 Å². The Balaban J connectivity index is 1.54. The van der Waals surface area contributed by atoms with Crippen LogP contribution in [0.15, 0.2) is 28.7 Å². The predicted octanol–water partition coefficient (Wildman–Crippen LogP) is 3.80. The topological polar surface area (TPSA) is 51.2 Å². The molecule has 1 aromatic heterocycles. The van der Waals surface area contributed by atoms with Crippen LogP contribution < -0.4 is 10.1 Å². The Labute approximate surface area is 135 Å². The van der Waals surface area contributed by atoms with Crippen LogP contribution in [0.25, 0.3) is 0 Å². The first-order chi connectivity index (χ1) is 10.2. The Morgan fingerprint density at radius 1 is 1.29 bits per heavy atom. The minimum Gasteiger partial charge on any atom is -0.484 e. The highest BCUT2D eigenvalue weighted by Gasteiger charge is 2.16. The molecule has 1 N–H and O–H groups in total. The molecule has 0 radical (unpaired) electrons. The normalized spacial score (nSPS) is 13.6. The van der Waals surface area contributed by atoms with Gasteiger partial charge in [-0.1, -0.05) is 15.9 Å². The van der Waals surface area contributed by atoms with Gasteiger partial charge in [-0.25, -0.2) is 4.98 Å². The number of carbonyl (C=O) groups is 1. The van der Waals surface area contributed by atoms with Crippen molar-refractivity contribution in [3.63, 3.8) is 0 Å². The van der Waals surface area contributed by atoms with Gasteiger partial charge in [0.05, 0.1) is 5.69 Å². The fourth-order valence-corrected chi connectivity index (χ4v) is 3.57. The smallest absolute Gasteiger partial charge is 0.264 e. The molecule has 4 nitrogen and oxygen atoms in total. The van der Waals surface area contributed by atoms with Crippen LogP contribution in [0.2, 0.25) is 0 Å². The van der Waals surface area contributed by atoms with E-state index >= 15 is 0 Å². The maximum atomic E-state index is 11.9. The molecule has 1 aromatic carbocycles. The van der Waals surface area contributed by atoms with Crippen molar-refractivity contribution in [2.75, 3.05) is 11.9 Å². The number of hydrogen-bond acceptors (Lipinski definition) is 4. The van der Waals surface area contributed by atoms with E-state index in [1.165, 1.54) is 17.7 Å². The lowest BCUT2D eigenvalue weighted by molar-refractivity contribution is -0.118. The molecule has 3 rings (SSSR count). The summed E-state index contributed by atoms with van der Waals surface area (Å²) in [5.74, 6) is 0.496. The van der Waals surface area contributed by atoms with Crippen LogP contribution in [-0.4, -0.2) is 17.5 Å². The van der Waals surface area contributed by atoms with E-state index in [9.17, 15) is 4.79 Å². The Morgan fingerprint density at radius 3 is 2.81 bits per heavy atom. The highest BCUT2D eigenvalue weighted by Crippen LogP contribution is 2.29. The molecular weight excluding hydrogens is 352 g/mol. The van der Waals surface area contributed by atoms with Gasteiger partial charge in [-0.15, -0.1) is 11.3 Å². The zero-order valence-electron chi connectivity index (χ0n) is 11.4. The number of nitrogens with zero attached hydrogens (tertiary/aromatic N) is 1. The van der Waals surface area contributed by atoms with Crippen molar-refractivity contribution in [3.8, 4) is 5.75 Å². The molecule has 0 bridgehead atoms. The van der Waals surface area contributed by atoms with E-state index in [-0.39, 0.29) is 12.5 Å². The number of halogens is 1. The molecule has 0 atom stereocenters. The quantitative estimate of drug-likeness (QED) is 0.894. The van der Waals surface area contributed by atoms with E-state index < -0.39 is 0 Å². The van der Waals surface area contributed by atoms with Gasteiger partial charge in [0.2, 0.25) is 0 Å². The maximum Gasteiger partial charge on any atom is 0.264 e. The van der Waals surface area contributed by atoms with Gasteiger partial charge in [-0.05, 0) is 49.9 Å². The molecular formula is C15H15BrN2O2S. The first kappa shape index (κ1) is 14.5. The van der Waals surface area contributed by atoms with E-state index in [0.717, 1.165) is 23.0 Å². The maximum absolute atomic E-state index is 11.9. The minimum absolute atomic E-state index is 0.00806. The first-order valence-electron chi connectivity index (χ1n) is 6.87. The number of fused-ring (bicyclic) bond motifs is 1. The van der Waals surface area contributed by atoms with E-state index in [1.54, 1.807) is 11.3 Å². The number of amides is 1. The van der Waals surface area contributed by atoms with Gasteiger partial charge in [0, 0.05) is 9.35 Å². The van der Waals surface area contributed by atoms with E-state index in [4.69, 9.17) is 4.74 Å². The van der Waals surface area contributed by atoms with Crippen molar-refractivity contribution in [3.05, 3.63) is 39.3 Å². The van der Waals surface area contributed by atoms with Crippen LogP contribution in [0.1, 0.15) is 23.4 Å². The van der Waals surface area contributed by atoms with Crippen LogP contribution in [0.4, 0.5) is 5.13 Å². The Bertz CT molecular complexity index is 616. The highest BCUT2D eigenvalue weighted by atomic mass is 79.9. The molecule has 0 spiro atoms. The molecule has 0 unspecified atom stereocenters. The van der Waals surface area contributed by atoms with Crippen LogP contribution in [0.5, 0.6) is 5.75 Å². The van der Waals surface area contributed by atoms with Crippen molar-refractivity contribution >= 4 is 38.3 Å². The lowest BCUT2D eigenvalue weighted by Crippen LogP contribution is -2.20. The second-order valence-corrected chi connectivity index (χ2v) is 6.89. The van der Waals surface area contributed by atoms with Gasteiger partial charge in [0.1, 0.15) is 5.75 Å². The number of nitrogens with one attached hydrogen (secondary N) is 1. The summed E-state index contributed by atoms with van der Waals surface area (Å²) in [5.41, 5.74) is 1.15. The van der Waals surface area contributed by atoms with Gasteiger partial charge in [0.15, 0.2) is 11.7 Å². The molecule has 0 aliphatic heterocycles. The standard InChI is InChI=1S/C15H15BrN2O2S/c16-10-5-7-11(8-6-10)20-9-14(19)18-15-17-12-3-1-2-4-13(12)21-15/h5-8H,1-4,9H2,(H,17,18,19). The number of hydrogen-bond donors (Lipinski definition) is 1. The number of anilines is 1. The number of carbonyl (C=O) groups excluding carboxylic acids is 1. The summed E-state index contributed by atoms with van der Waals surface area (Å²) in [4.78, 5) is 17.7. The lowest BCUT2D eigenvalue weighted by Gasteiger charge is -2.06. The van der Waals surface area contributed by atoms with Crippen LogP contribution in [0.3, 0.4) is 0 Å². The average Bonchev–Trinajstić information content (AvgIpc) is 2.88. The third kappa shape index (κ3) is 3.83. The number of benzene rings is 1. The zero-order chi connectivity index (χ0) is 14.7. The van der Waals surface area contributed by atoms with Crippen molar-refractivity contribution in [2.45, 2.75) is 25.7 Å². The van der Waals surface area contributed by atoms with E-state index in [2.05, 4.69) is 26.2 Å². The van der Waals surface area contributed by atoms with Gasteiger partial charge in [0.25, 0.3) is 5.91 Å². The number of aryl methyl sites for hydroxylation is 2. The highest BCUT2D eigenvalue weighted by molar-refractivity contribution is 9.10. The summed E-state index contributed by atoms with van der Waals surface area (Å²) < 4.78 is 6.42. The Hall–Kier alpha value is -1.40. The summed E-state index contributed by atoms with van der Waals surface area (Å²) in [7, 11) is 0. The second-order valence-electron chi connectivity index (χ2n) is 4.89. The Morgan fingerprint density at radius 2 is 2.05 bits per heavy atom. The molecule has 1 amide bonds. The number of aromatic nitrogens is 1. The van der Waals surface area contributed by atoms with Crippen LogP contribution in [-0.2, 0) is 17.6 Å². The molecule has 21 heavy (non-hydrogen) atoms. The third-order valence-electron chi connectivity index (χ3n) is 3.28. The Kier molecular flexibility index (Phi) is 4.55. The molecule has 0 fully saturated rings. The molecule has 1 heterocycles. The molecule has 110 valence electrons. The van der Waals surface area contributed by atoms with Crippen LogP contribution in [0, 0.1) is 0 Å². The van der Waals surface area contributed by atoms with Gasteiger partial charge in [-0.3, -0.25) is 10.1 Å². The molecule has 0 saturated carbocycles. The summed E-state index contributed by atoms with van der Waals surface area (Å²) in [5, 5.41) is 3.50. The van der Waals surface area contributed by atoms with Crippen LogP contribution >= 0.6 is 27.3 Å². The molecule has 6 heteroatoms. The fraction of sp³-hybridized carbons (Fsp3) is 0.333. The SMILES string of the molecule is O=C(COc1ccc(Br)cc1)Nc1nc2c(s1)CCCC2. The second kappa shape index (κ2) is 6.58. The summed E-state index contributed by atoms with van der Waals surface area (Å²) in [6.45, 7) is -0.00806. The van der Waals surface area contributed by atoms with Crippen molar-refractivity contribution in [1.82, 2.24) is 4.98 Å². The monoisotopic (exact) mass is 366 g/mol. The summed E-state index contributed by atoms with van der Waals surface area (Å²) >= 11 is 4.94. The first-order valence-corrected chi connectivity index (χ1v) is 8.48. The number of thiazole rings is 1. The largest absolute Gasteiger partial charge is 0.484 e. The number of ether oxygens (including phenoxy) is 1. The van der Waals surface area contributed by atoms with Gasteiger partial charge < -0.3 is 4.74 Å². The van der Waals surface area contributed by atoms with Gasteiger partial charge >= 0.3 is 0 Å². The molecule has 0 saturated heterocycles. The van der Waals surface area contributed by atoms with Crippen molar-refractivity contribution in [1.29, 1.82) is 0 Å². The molecule has 1 aliphatic rings. The molecule has 1 aliphatic carbocycles. The van der Waals surface area contributed by atoms with Crippen molar-refractivity contribution in [2.24, 2.45) is 0 Å². The summed E-state index contributed by atoms with van der Waals surface area (Å²) in [6.07, 6.45) is 4.52. The lowest BCUT2D eigenvalue weighted by atomic mass is 10.0. The molecule has 2 aromatic rings. The van der Waals surface area contributed by atoms with Gasteiger partial charge in [-0.2, -0.15) is 0 Å².